The molecule has 10 heteroatoms. The van der Waals surface area contributed by atoms with E-state index in [1.807, 2.05) is 29.6 Å². The average Bonchev–Trinajstić information content (AvgIpc) is 3.57. The summed E-state index contributed by atoms with van der Waals surface area (Å²) in [6.07, 6.45) is 0. The highest BCUT2D eigenvalue weighted by atomic mass is 35.5. The van der Waals surface area contributed by atoms with E-state index in [4.69, 9.17) is 27.6 Å². The largest absolute Gasteiger partial charge is 0.482 e. The summed E-state index contributed by atoms with van der Waals surface area (Å²) in [7, 11) is -4.10. The van der Waals surface area contributed by atoms with Gasteiger partial charge in [-0.05, 0) is 80.2 Å². The number of esters is 1. The van der Waals surface area contributed by atoms with Gasteiger partial charge in [-0.15, -0.1) is 11.3 Å². The number of ether oxygens (including phenoxy) is 2. The molecular weight excluding hydrogens is 580 g/mol. The molecule has 7 nitrogen and oxygen atoms in total. The van der Waals surface area contributed by atoms with Crippen LogP contribution in [0, 0.1) is 6.57 Å². The molecule has 0 fully saturated rings. The van der Waals surface area contributed by atoms with Crippen molar-refractivity contribution in [2.75, 3.05) is 6.61 Å². The predicted octanol–water partition coefficient (Wildman–Crippen LogP) is 8.20. The predicted molar refractivity (Wildman–Crippen MR) is 162 cm³/mol. The Kier molecular flexibility index (Phi) is 7.66. The quantitative estimate of drug-likeness (QED) is 0.138. The maximum Gasteiger partial charge on any atom is 0.344 e. The van der Waals surface area contributed by atoms with Crippen molar-refractivity contribution in [3.63, 3.8) is 0 Å². The summed E-state index contributed by atoms with van der Waals surface area (Å²) < 4.78 is 40.9. The van der Waals surface area contributed by atoms with Gasteiger partial charge in [0.1, 0.15) is 11.4 Å². The standard InChI is InChI=1S/C31H25ClN2O5S2/c1-31(2,3)39-28(35)19-38-21-13-16-25(33-4)24(18-21)29-23-8-5-6-9-26(23)34(30(29)27-10-7-17-40-27)41(36,37)22-14-11-20(32)12-15-22/h5-18H,19H2,1-3H3. The van der Waals surface area contributed by atoms with Crippen LogP contribution in [0.1, 0.15) is 20.8 Å². The van der Waals surface area contributed by atoms with Gasteiger partial charge in [0.2, 0.25) is 0 Å². The van der Waals surface area contributed by atoms with Gasteiger partial charge < -0.3 is 9.47 Å². The van der Waals surface area contributed by atoms with Crippen molar-refractivity contribution < 1.29 is 22.7 Å². The maximum absolute atomic E-state index is 14.2. The van der Waals surface area contributed by atoms with E-state index in [0.717, 1.165) is 0 Å². The normalized spacial score (nSPS) is 11.8. The number of nitrogens with zero attached hydrogens (tertiary/aromatic N) is 2. The summed E-state index contributed by atoms with van der Waals surface area (Å²) >= 11 is 7.44. The number of para-hydroxylation sites is 1. The fraction of sp³-hybridized carbons (Fsp3) is 0.161. The number of aromatic nitrogens is 1. The molecule has 0 radical (unpaired) electrons. The van der Waals surface area contributed by atoms with Crippen LogP contribution in [-0.4, -0.2) is 30.6 Å². The Balaban J connectivity index is 1.75. The smallest absolute Gasteiger partial charge is 0.344 e. The van der Waals surface area contributed by atoms with Gasteiger partial charge in [0.05, 0.1) is 27.6 Å². The molecule has 41 heavy (non-hydrogen) atoms. The summed E-state index contributed by atoms with van der Waals surface area (Å²) in [5.41, 5.74) is 1.56. The zero-order valence-electron chi connectivity index (χ0n) is 22.4. The van der Waals surface area contributed by atoms with Gasteiger partial charge in [0.15, 0.2) is 12.3 Å². The fourth-order valence-corrected chi connectivity index (χ4v) is 6.99. The minimum Gasteiger partial charge on any atom is -0.482 e. The average molecular weight is 605 g/mol. The highest BCUT2D eigenvalue weighted by Crippen LogP contribution is 2.47. The van der Waals surface area contributed by atoms with Gasteiger partial charge in [0, 0.05) is 16.0 Å². The molecule has 5 aromatic rings. The number of carbonyl (C=O) groups excluding carboxylic acids is 1. The molecule has 2 aromatic heterocycles. The summed E-state index contributed by atoms with van der Waals surface area (Å²) in [4.78, 5) is 16.8. The lowest BCUT2D eigenvalue weighted by Crippen LogP contribution is -2.27. The van der Waals surface area contributed by atoms with Crippen molar-refractivity contribution in [2.45, 2.75) is 31.3 Å². The fourth-order valence-electron chi connectivity index (χ4n) is 4.50. The van der Waals surface area contributed by atoms with Crippen LogP contribution >= 0.6 is 22.9 Å². The number of hydrogen-bond acceptors (Lipinski definition) is 6. The van der Waals surface area contributed by atoms with Crippen molar-refractivity contribution in [1.82, 2.24) is 3.97 Å². The molecule has 5 rings (SSSR count). The van der Waals surface area contributed by atoms with Crippen LogP contribution < -0.4 is 4.74 Å². The minimum absolute atomic E-state index is 0.0758. The zero-order chi connectivity index (χ0) is 29.4. The number of halogens is 1. The summed E-state index contributed by atoms with van der Waals surface area (Å²) in [6, 6.07) is 21.7. The number of carbonyl (C=O) groups is 1. The van der Waals surface area contributed by atoms with Crippen LogP contribution in [0.5, 0.6) is 5.75 Å². The van der Waals surface area contributed by atoms with Crippen LogP contribution in [0.15, 0.2) is 89.1 Å². The Bertz CT molecular complexity index is 1900. The van der Waals surface area contributed by atoms with Crippen molar-refractivity contribution >= 4 is 55.5 Å². The third kappa shape index (κ3) is 5.72. The molecule has 0 N–H and O–H groups in total. The van der Waals surface area contributed by atoms with E-state index in [0.29, 0.717) is 49.1 Å². The lowest BCUT2D eigenvalue weighted by Gasteiger charge is -2.19. The molecule has 0 spiro atoms. The maximum atomic E-state index is 14.2. The SMILES string of the molecule is [C-]#[N+]c1ccc(OCC(=O)OC(C)(C)C)cc1-c1c(-c2cccs2)n(S(=O)(=O)c2ccc(Cl)cc2)c2ccccc12. The van der Waals surface area contributed by atoms with Crippen molar-refractivity contribution in [3.8, 4) is 27.4 Å². The Morgan fingerprint density at radius 2 is 1.76 bits per heavy atom. The first-order valence-corrected chi connectivity index (χ1v) is 15.2. The van der Waals surface area contributed by atoms with Crippen molar-refractivity contribution in [2.24, 2.45) is 0 Å². The Morgan fingerprint density at radius 1 is 1.02 bits per heavy atom. The number of hydrogen-bond donors (Lipinski definition) is 0. The highest BCUT2D eigenvalue weighted by molar-refractivity contribution is 7.90. The first-order valence-electron chi connectivity index (χ1n) is 12.5. The van der Waals surface area contributed by atoms with Crippen LogP contribution in [0.2, 0.25) is 5.02 Å². The third-order valence-electron chi connectivity index (χ3n) is 6.07. The van der Waals surface area contributed by atoms with Crippen LogP contribution in [-0.2, 0) is 19.6 Å². The summed E-state index contributed by atoms with van der Waals surface area (Å²) in [5.74, 6) is -0.189. The summed E-state index contributed by atoms with van der Waals surface area (Å²) in [5, 5.41) is 2.93. The summed E-state index contributed by atoms with van der Waals surface area (Å²) in [6.45, 7) is 12.9. The number of thiophene rings is 1. The molecular formula is C31H25ClN2O5S2. The molecule has 0 aliphatic carbocycles. The van der Waals surface area contributed by atoms with Crippen LogP contribution in [0.25, 0.3) is 37.4 Å². The van der Waals surface area contributed by atoms with E-state index >= 15 is 0 Å². The molecule has 0 atom stereocenters. The Hall–Kier alpha value is -4.10. The second-order valence-corrected chi connectivity index (χ2v) is 13.3. The molecule has 0 bridgehead atoms. The highest BCUT2D eigenvalue weighted by Gasteiger charge is 2.30. The van der Waals surface area contributed by atoms with Gasteiger partial charge in [-0.2, -0.15) is 0 Å². The van der Waals surface area contributed by atoms with Gasteiger partial charge in [-0.3, -0.25) is 0 Å². The van der Waals surface area contributed by atoms with Gasteiger partial charge >= 0.3 is 5.97 Å². The topological polar surface area (TPSA) is 79.0 Å². The second kappa shape index (κ2) is 11.1. The Morgan fingerprint density at radius 3 is 2.41 bits per heavy atom. The second-order valence-electron chi connectivity index (χ2n) is 10.1. The molecule has 0 aliphatic rings. The molecule has 208 valence electrons. The van der Waals surface area contributed by atoms with E-state index in [-0.39, 0.29) is 11.5 Å². The van der Waals surface area contributed by atoms with Crippen molar-refractivity contribution in [3.05, 3.63) is 101 Å². The van der Waals surface area contributed by atoms with E-state index in [1.54, 1.807) is 51.1 Å². The van der Waals surface area contributed by atoms with E-state index in [2.05, 4.69) is 4.85 Å². The van der Waals surface area contributed by atoms with Gasteiger partial charge in [0.25, 0.3) is 10.0 Å². The first kappa shape index (κ1) is 28.4. The van der Waals surface area contributed by atoms with Crippen LogP contribution in [0.4, 0.5) is 5.69 Å². The Labute approximate surface area is 247 Å². The number of rotatable bonds is 7. The molecule has 0 amide bonds. The van der Waals surface area contributed by atoms with Crippen LogP contribution in [0.3, 0.4) is 0 Å². The molecule has 2 heterocycles. The third-order valence-corrected chi connectivity index (χ3v) is 8.93. The van der Waals surface area contributed by atoms with Crippen molar-refractivity contribution in [1.29, 1.82) is 0 Å². The number of benzene rings is 3. The first-order chi connectivity index (χ1) is 19.5. The lowest BCUT2D eigenvalue weighted by atomic mass is 9.99. The van der Waals surface area contributed by atoms with E-state index < -0.39 is 21.6 Å². The van der Waals surface area contributed by atoms with Gasteiger partial charge in [-0.1, -0.05) is 41.9 Å². The number of fused-ring (bicyclic) bond motifs is 1. The molecule has 0 saturated heterocycles. The lowest BCUT2D eigenvalue weighted by molar-refractivity contribution is -0.157. The van der Waals surface area contributed by atoms with Gasteiger partial charge in [-0.25, -0.2) is 22.0 Å². The molecule has 0 aliphatic heterocycles. The molecule has 0 saturated carbocycles. The molecule has 3 aromatic carbocycles. The zero-order valence-corrected chi connectivity index (χ0v) is 24.8. The molecule has 0 unspecified atom stereocenters. The van der Waals surface area contributed by atoms with E-state index in [1.165, 1.54) is 39.6 Å². The monoisotopic (exact) mass is 604 g/mol. The van der Waals surface area contributed by atoms with E-state index in [9.17, 15) is 13.2 Å². The minimum atomic E-state index is -4.10.